The molecule has 0 bridgehead atoms. The predicted molar refractivity (Wildman–Crippen MR) is 87.8 cm³/mol. The molecule has 1 aromatic rings. The lowest BCUT2D eigenvalue weighted by Gasteiger charge is -2.33. The maximum Gasteiger partial charge on any atom is 0.319 e. The van der Waals surface area contributed by atoms with E-state index in [2.05, 4.69) is 15.5 Å². The Morgan fingerprint density at radius 3 is 2.91 bits per heavy atom. The molecule has 1 aliphatic heterocycles. The van der Waals surface area contributed by atoms with E-state index in [-0.39, 0.29) is 12.1 Å². The maximum absolute atomic E-state index is 11.9. The number of nitrogens with zero attached hydrogens (tertiary/aromatic N) is 1. The number of ether oxygens (including phenoxy) is 1. The number of rotatable bonds is 4. The average molecular weight is 344 g/mol. The third kappa shape index (κ3) is 4.26. The van der Waals surface area contributed by atoms with Gasteiger partial charge in [-0.3, -0.25) is 4.90 Å². The number of nitrogens with one attached hydrogen (secondary N) is 2. The standard InChI is InChI=1S/C15H19Cl2N3O2/c16-10-1-4-14(13(17)7-10)19-15(21)18-8-12-9-20(5-6-22-12)11-2-3-11/h1,4,7,11-12H,2-3,5-6,8-9H2,(H2,18,19,21)/t12-/m1/s1. The van der Waals surface area contributed by atoms with Crippen LogP contribution in [0.3, 0.4) is 0 Å². The van der Waals surface area contributed by atoms with E-state index in [1.54, 1.807) is 18.2 Å². The molecule has 1 aromatic carbocycles. The molecule has 2 fully saturated rings. The Labute approximate surface area is 139 Å². The molecule has 1 atom stereocenters. The highest BCUT2D eigenvalue weighted by molar-refractivity contribution is 6.36. The molecule has 2 aliphatic rings. The van der Waals surface area contributed by atoms with Crippen LogP contribution in [-0.2, 0) is 4.74 Å². The van der Waals surface area contributed by atoms with Crippen molar-refractivity contribution in [3.05, 3.63) is 28.2 Å². The first-order valence-electron chi connectivity index (χ1n) is 7.47. The summed E-state index contributed by atoms with van der Waals surface area (Å²) >= 11 is 11.9. The number of halogens is 2. The molecule has 2 N–H and O–H groups in total. The normalized spacial score (nSPS) is 22.4. The van der Waals surface area contributed by atoms with Crippen LogP contribution in [0.1, 0.15) is 12.8 Å². The molecule has 5 nitrogen and oxygen atoms in total. The number of benzene rings is 1. The first-order chi connectivity index (χ1) is 10.6. The Morgan fingerprint density at radius 2 is 2.18 bits per heavy atom. The van der Waals surface area contributed by atoms with Gasteiger partial charge >= 0.3 is 6.03 Å². The van der Waals surface area contributed by atoms with Crippen molar-refractivity contribution >= 4 is 34.9 Å². The van der Waals surface area contributed by atoms with Crippen molar-refractivity contribution in [2.45, 2.75) is 25.0 Å². The average Bonchev–Trinajstić information content (AvgIpc) is 3.33. The SMILES string of the molecule is O=C(NC[C@@H]1CN(C2CC2)CCO1)Nc1ccc(Cl)cc1Cl. The second kappa shape index (κ2) is 7.04. The van der Waals surface area contributed by atoms with E-state index in [9.17, 15) is 4.79 Å². The zero-order valence-electron chi connectivity index (χ0n) is 12.1. The summed E-state index contributed by atoms with van der Waals surface area (Å²) in [6, 6.07) is 5.39. The lowest BCUT2D eigenvalue weighted by atomic mass is 10.2. The van der Waals surface area contributed by atoms with Gasteiger partial charge < -0.3 is 15.4 Å². The third-order valence-electron chi connectivity index (χ3n) is 3.90. The molecule has 2 amide bonds. The molecule has 1 aliphatic carbocycles. The van der Waals surface area contributed by atoms with Gasteiger partial charge in [-0.25, -0.2) is 4.79 Å². The van der Waals surface area contributed by atoms with Crippen LogP contribution < -0.4 is 10.6 Å². The first-order valence-corrected chi connectivity index (χ1v) is 8.23. The van der Waals surface area contributed by atoms with E-state index in [0.29, 0.717) is 22.3 Å². The third-order valence-corrected chi connectivity index (χ3v) is 4.45. The summed E-state index contributed by atoms with van der Waals surface area (Å²) in [6.45, 7) is 3.09. The summed E-state index contributed by atoms with van der Waals surface area (Å²) in [7, 11) is 0. The van der Waals surface area contributed by atoms with Crippen LogP contribution in [0.2, 0.25) is 10.0 Å². The molecule has 120 valence electrons. The lowest BCUT2D eigenvalue weighted by molar-refractivity contribution is -0.0286. The number of carbonyl (C=O) groups excluding carboxylic acids is 1. The second-order valence-electron chi connectivity index (χ2n) is 5.68. The molecule has 22 heavy (non-hydrogen) atoms. The quantitative estimate of drug-likeness (QED) is 0.883. The minimum atomic E-state index is -0.295. The van der Waals surface area contributed by atoms with Crippen LogP contribution in [-0.4, -0.2) is 49.3 Å². The fraction of sp³-hybridized carbons (Fsp3) is 0.533. The van der Waals surface area contributed by atoms with Gasteiger partial charge in [0, 0.05) is 30.7 Å². The number of anilines is 1. The number of amides is 2. The summed E-state index contributed by atoms with van der Waals surface area (Å²) in [5.41, 5.74) is 0.535. The molecular weight excluding hydrogens is 325 g/mol. The van der Waals surface area contributed by atoms with Crippen molar-refractivity contribution in [3.63, 3.8) is 0 Å². The van der Waals surface area contributed by atoms with Crippen LogP contribution in [0, 0.1) is 0 Å². The molecule has 1 saturated carbocycles. The van der Waals surface area contributed by atoms with Crippen molar-refractivity contribution in [2.75, 3.05) is 31.6 Å². The predicted octanol–water partition coefficient (Wildman–Crippen LogP) is 2.98. The van der Waals surface area contributed by atoms with Gasteiger partial charge in [-0.1, -0.05) is 23.2 Å². The number of morpholine rings is 1. The molecule has 0 spiro atoms. The van der Waals surface area contributed by atoms with Gasteiger partial charge in [-0.15, -0.1) is 0 Å². The van der Waals surface area contributed by atoms with Crippen molar-refractivity contribution < 1.29 is 9.53 Å². The fourth-order valence-corrected chi connectivity index (χ4v) is 3.06. The lowest BCUT2D eigenvalue weighted by Crippen LogP contribution is -2.48. The maximum atomic E-state index is 11.9. The van der Waals surface area contributed by atoms with Gasteiger partial charge in [0.15, 0.2) is 0 Å². The van der Waals surface area contributed by atoms with Crippen LogP contribution in [0.15, 0.2) is 18.2 Å². The van der Waals surface area contributed by atoms with E-state index in [0.717, 1.165) is 25.7 Å². The summed E-state index contributed by atoms with van der Waals surface area (Å²) in [5.74, 6) is 0. The zero-order valence-corrected chi connectivity index (χ0v) is 13.7. The van der Waals surface area contributed by atoms with Crippen molar-refractivity contribution in [1.82, 2.24) is 10.2 Å². The van der Waals surface area contributed by atoms with Crippen LogP contribution in [0.25, 0.3) is 0 Å². The van der Waals surface area contributed by atoms with E-state index in [1.165, 1.54) is 12.8 Å². The zero-order chi connectivity index (χ0) is 15.5. The van der Waals surface area contributed by atoms with E-state index < -0.39 is 0 Å². The number of carbonyl (C=O) groups is 1. The Morgan fingerprint density at radius 1 is 1.36 bits per heavy atom. The minimum absolute atomic E-state index is 0.0424. The number of urea groups is 1. The van der Waals surface area contributed by atoms with Gasteiger partial charge in [0.05, 0.1) is 23.4 Å². The van der Waals surface area contributed by atoms with Crippen LogP contribution in [0.4, 0.5) is 10.5 Å². The topological polar surface area (TPSA) is 53.6 Å². The van der Waals surface area contributed by atoms with Crippen molar-refractivity contribution in [1.29, 1.82) is 0 Å². The van der Waals surface area contributed by atoms with Gasteiger partial charge in [0.25, 0.3) is 0 Å². The van der Waals surface area contributed by atoms with E-state index in [4.69, 9.17) is 27.9 Å². The van der Waals surface area contributed by atoms with E-state index >= 15 is 0 Å². The van der Waals surface area contributed by atoms with E-state index in [1.807, 2.05) is 0 Å². The Hall–Kier alpha value is -1.01. The summed E-state index contributed by atoms with van der Waals surface area (Å²) in [4.78, 5) is 14.4. The second-order valence-corrected chi connectivity index (χ2v) is 6.52. The molecular formula is C15H19Cl2N3O2. The molecule has 0 unspecified atom stereocenters. The number of hydrogen-bond donors (Lipinski definition) is 2. The Balaban J connectivity index is 1.45. The Kier molecular flexibility index (Phi) is 5.08. The van der Waals surface area contributed by atoms with Gasteiger partial charge in [-0.2, -0.15) is 0 Å². The highest BCUT2D eigenvalue weighted by atomic mass is 35.5. The molecule has 3 rings (SSSR count). The highest BCUT2D eigenvalue weighted by Gasteiger charge is 2.32. The molecule has 1 saturated heterocycles. The molecule has 7 heteroatoms. The van der Waals surface area contributed by atoms with Gasteiger partial charge in [0.2, 0.25) is 0 Å². The van der Waals surface area contributed by atoms with Crippen molar-refractivity contribution in [2.24, 2.45) is 0 Å². The largest absolute Gasteiger partial charge is 0.374 e. The fourth-order valence-electron chi connectivity index (χ4n) is 2.60. The summed E-state index contributed by atoms with van der Waals surface area (Å²) in [6.07, 6.45) is 2.62. The molecule has 0 aromatic heterocycles. The molecule has 1 heterocycles. The highest BCUT2D eigenvalue weighted by Crippen LogP contribution is 2.28. The summed E-state index contributed by atoms with van der Waals surface area (Å²) in [5, 5.41) is 6.49. The monoisotopic (exact) mass is 343 g/mol. The van der Waals surface area contributed by atoms with Crippen LogP contribution in [0.5, 0.6) is 0 Å². The number of hydrogen-bond acceptors (Lipinski definition) is 3. The Bertz CT molecular complexity index is 552. The molecule has 0 radical (unpaired) electrons. The van der Waals surface area contributed by atoms with Crippen LogP contribution >= 0.6 is 23.2 Å². The van der Waals surface area contributed by atoms with Gasteiger partial charge in [-0.05, 0) is 31.0 Å². The van der Waals surface area contributed by atoms with Crippen molar-refractivity contribution in [3.8, 4) is 0 Å². The smallest absolute Gasteiger partial charge is 0.319 e. The van der Waals surface area contributed by atoms with Gasteiger partial charge in [0.1, 0.15) is 0 Å². The minimum Gasteiger partial charge on any atom is -0.374 e. The summed E-state index contributed by atoms with van der Waals surface area (Å²) < 4.78 is 5.70. The first kappa shape index (κ1) is 15.9.